The summed E-state index contributed by atoms with van der Waals surface area (Å²) in [5.74, 6) is 0.665. The van der Waals surface area contributed by atoms with Gasteiger partial charge < -0.3 is 10.6 Å². The van der Waals surface area contributed by atoms with E-state index >= 15 is 0 Å². The molecule has 1 aliphatic heterocycles. The maximum Gasteiger partial charge on any atom is 0.223 e. The average molecular weight is 245 g/mol. The lowest BCUT2D eigenvalue weighted by atomic mass is 10.0. The van der Waals surface area contributed by atoms with Crippen LogP contribution in [0.1, 0.15) is 38.5 Å². The zero-order valence-electron chi connectivity index (χ0n) is 9.63. The van der Waals surface area contributed by atoms with Crippen molar-refractivity contribution < 1.29 is 4.79 Å². The van der Waals surface area contributed by atoms with E-state index in [0.717, 1.165) is 19.5 Å². The molecular weight excluding hydrogens is 224 g/mol. The van der Waals surface area contributed by atoms with Gasteiger partial charge in [-0.25, -0.2) is 0 Å². The number of carbonyl (C=O) groups is 1. The Hall–Kier alpha value is -0.280. The first kappa shape index (κ1) is 12.2. The summed E-state index contributed by atoms with van der Waals surface area (Å²) in [6.45, 7) is 2.17. The summed E-state index contributed by atoms with van der Waals surface area (Å²) in [4.78, 5) is 12.0. The molecule has 3 aliphatic rings. The fraction of sp³-hybridized carbons (Fsp3) is 0.917. The Balaban J connectivity index is 0.000000963. The van der Waals surface area contributed by atoms with Gasteiger partial charge in [-0.3, -0.25) is 4.79 Å². The van der Waals surface area contributed by atoms with Gasteiger partial charge >= 0.3 is 0 Å². The number of hydrogen-bond acceptors (Lipinski definition) is 2. The summed E-state index contributed by atoms with van der Waals surface area (Å²) in [5, 5.41) is 6.60. The molecule has 3 rings (SSSR count). The summed E-state index contributed by atoms with van der Waals surface area (Å²) >= 11 is 0. The minimum atomic E-state index is 0. The molecule has 3 fully saturated rings. The maximum atomic E-state index is 12.0. The minimum absolute atomic E-state index is 0. The lowest BCUT2D eigenvalue weighted by Gasteiger charge is -2.13. The molecule has 92 valence electrons. The molecule has 0 bridgehead atoms. The summed E-state index contributed by atoms with van der Waals surface area (Å²) in [6, 6.07) is 0.490. The standard InChI is InChI=1S/C12H20N2O.ClH/c15-11(14-9-3-1-2-4-9)10-7-12(10)5-6-13-8-12;/h9-10,13H,1-8H2,(H,14,15);1H. The maximum absolute atomic E-state index is 12.0. The van der Waals surface area contributed by atoms with E-state index in [0.29, 0.717) is 23.3 Å². The van der Waals surface area contributed by atoms with Gasteiger partial charge in [-0.15, -0.1) is 12.4 Å². The van der Waals surface area contributed by atoms with Crippen LogP contribution in [0.2, 0.25) is 0 Å². The normalized spacial score (nSPS) is 37.4. The fourth-order valence-electron chi connectivity index (χ4n) is 3.33. The molecule has 2 atom stereocenters. The minimum Gasteiger partial charge on any atom is -0.353 e. The zero-order valence-corrected chi connectivity index (χ0v) is 10.4. The highest BCUT2D eigenvalue weighted by Crippen LogP contribution is 2.56. The second-order valence-electron chi connectivity index (χ2n) is 5.54. The first-order valence-corrected chi connectivity index (χ1v) is 6.31. The van der Waals surface area contributed by atoms with Gasteiger partial charge in [0.15, 0.2) is 0 Å². The molecule has 1 heterocycles. The van der Waals surface area contributed by atoms with Crippen molar-refractivity contribution in [3.63, 3.8) is 0 Å². The monoisotopic (exact) mass is 244 g/mol. The number of amides is 1. The van der Waals surface area contributed by atoms with E-state index in [4.69, 9.17) is 0 Å². The van der Waals surface area contributed by atoms with E-state index in [1.54, 1.807) is 0 Å². The predicted molar refractivity (Wildman–Crippen MR) is 65.7 cm³/mol. The molecule has 0 radical (unpaired) electrons. The molecule has 16 heavy (non-hydrogen) atoms. The molecule has 2 aliphatic carbocycles. The lowest BCUT2D eigenvalue weighted by molar-refractivity contribution is -0.123. The third-order valence-electron chi connectivity index (χ3n) is 4.48. The fourth-order valence-corrected chi connectivity index (χ4v) is 3.33. The van der Waals surface area contributed by atoms with Crippen molar-refractivity contribution >= 4 is 18.3 Å². The van der Waals surface area contributed by atoms with Crippen molar-refractivity contribution in [2.45, 2.75) is 44.6 Å². The van der Waals surface area contributed by atoms with Gasteiger partial charge in [0.1, 0.15) is 0 Å². The average Bonchev–Trinajstić information content (AvgIpc) is 2.63. The van der Waals surface area contributed by atoms with E-state index in [2.05, 4.69) is 10.6 Å². The van der Waals surface area contributed by atoms with Gasteiger partial charge in [-0.05, 0) is 37.6 Å². The van der Waals surface area contributed by atoms with Crippen LogP contribution >= 0.6 is 12.4 Å². The highest BCUT2D eigenvalue weighted by Gasteiger charge is 2.59. The Bertz CT molecular complexity index is 270. The molecule has 0 aromatic carbocycles. The van der Waals surface area contributed by atoms with Crippen LogP contribution in [-0.4, -0.2) is 25.0 Å². The molecular formula is C12H21ClN2O. The molecule has 1 spiro atoms. The highest BCUT2D eigenvalue weighted by atomic mass is 35.5. The molecule has 0 aromatic rings. The molecule has 2 saturated carbocycles. The third-order valence-corrected chi connectivity index (χ3v) is 4.48. The van der Waals surface area contributed by atoms with E-state index in [1.807, 2.05) is 0 Å². The van der Waals surface area contributed by atoms with Crippen LogP contribution in [-0.2, 0) is 4.79 Å². The second kappa shape index (κ2) is 4.53. The van der Waals surface area contributed by atoms with Crippen LogP contribution in [0.25, 0.3) is 0 Å². The number of rotatable bonds is 2. The van der Waals surface area contributed by atoms with Gasteiger partial charge in [-0.2, -0.15) is 0 Å². The predicted octanol–water partition coefficient (Wildman–Crippen LogP) is 1.47. The van der Waals surface area contributed by atoms with Crippen molar-refractivity contribution in [3.05, 3.63) is 0 Å². The van der Waals surface area contributed by atoms with Crippen LogP contribution in [0.5, 0.6) is 0 Å². The largest absolute Gasteiger partial charge is 0.353 e. The Morgan fingerprint density at radius 1 is 1.31 bits per heavy atom. The van der Waals surface area contributed by atoms with Crippen LogP contribution < -0.4 is 10.6 Å². The van der Waals surface area contributed by atoms with E-state index in [1.165, 1.54) is 32.1 Å². The van der Waals surface area contributed by atoms with E-state index < -0.39 is 0 Å². The van der Waals surface area contributed by atoms with Gasteiger partial charge in [0, 0.05) is 18.5 Å². The summed E-state index contributed by atoms with van der Waals surface area (Å²) in [6.07, 6.45) is 7.31. The summed E-state index contributed by atoms with van der Waals surface area (Å²) in [7, 11) is 0. The van der Waals surface area contributed by atoms with Gasteiger partial charge in [0.05, 0.1) is 0 Å². The molecule has 3 nitrogen and oxygen atoms in total. The molecule has 1 saturated heterocycles. The van der Waals surface area contributed by atoms with Crippen molar-refractivity contribution in [1.82, 2.24) is 10.6 Å². The topological polar surface area (TPSA) is 41.1 Å². The quantitative estimate of drug-likeness (QED) is 0.773. The first-order valence-electron chi connectivity index (χ1n) is 6.31. The Kier molecular flexibility index (Phi) is 3.45. The van der Waals surface area contributed by atoms with Crippen LogP contribution in [0.15, 0.2) is 0 Å². The number of halogens is 1. The third kappa shape index (κ3) is 2.07. The van der Waals surface area contributed by atoms with E-state index in [-0.39, 0.29) is 12.4 Å². The van der Waals surface area contributed by atoms with Crippen LogP contribution in [0.4, 0.5) is 0 Å². The molecule has 2 unspecified atom stereocenters. The molecule has 0 aromatic heterocycles. The Morgan fingerprint density at radius 3 is 2.69 bits per heavy atom. The van der Waals surface area contributed by atoms with Crippen molar-refractivity contribution in [3.8, 4) is 0 Å². The van der Waals surface area contributed by atoms with Gasteiger partial charge in [0.25, 0.3) is 0 Å². The molecule has 2 N–H and O–H groups in total. The number of hydrogen-bond donors (Lipinski definition) is 2. The van der Waals surface area contributed by atoms with Gasteiger partial charge in [0.2, 0.25) is 5.91 Å². The smallest absolute Gasteiger partial charge is 0.223 e. The Labute approximate surface area is 103 Å². The highest BCUT2D eigenvalue weighted by molar-refractivity contribution is 5.85. The Morgan fingerprint density at radius 2 is 2.06 bits per heavy atom. The van der Waals surface area contributed by atoms with Crippen LogP contribution in [0.3, 0.4) is 0 Å². The lowest BCUT2D eigenvalue weighted by Crippen LogP contribution is -2.35. The molecule has 1 amide bonds. The SMILES string of the molecule is Cl.O=C(NC1CCCC1)C1CC12CCNC2. The van der Waals surface area contributed by atoms with Crippen LogP contribution in [0, 0.1) is 11.3 Å². The first-order chi connectivity index (χ1) is 7.30. The molecule has 4 heteroatoms. The van der Waals surface area contributed by atoms with Gasteiger partial charge in [-0.1, -0.05) is 12.8 Å². The number of nitrogens with one attached hydrogen (secondary N) is 2. The van der Waals surface area contributed by atoms with E-state index in [9.17, 15) is 4.79 Å². The zero-order chi connectivity index (χ0) is 10.3. The second-order valence-corrected chi connectivity index (χ2v) is 5.54. The number of carbonyl (C=O) groups excluding carboxylic acids is 1. The van der Waals surface area contributed by atoms with Crippen molar-refractivity contribution in [1.29, 1.82) is 0 Å². The van der Waals surface area contributed by atoms with Crippen molar-refractivity contribution in [2.24, 2.45) is 11.3 Å². The summed E-state index contributed by atoms with van der Waals surface area (Å²) in [5.41, 5.74) is 0.364. The summed E-state index contributed by atoms with van der Waals surface area (Å²) < 4.78 is 0. The van der Waals surface area contributed by atoms with Crippen molar-refractivity contribution in [2.75, 3.05) is 13.1 Å².